The summed E-state index contributed by atoms with van der Waals surface area (Å²) in [6, 6.07) is 12.6. The number of nitrogens with zero attached hydrogens (tertiary/aromatic N) is 3. The van der Waals surface area contributed by atoms with Crippen LogP contribution in [0.4, 0.5) is 11.5 Å². The summed E-state index contributed by atoms with van der Waals surface area (Å²) < 4.78 is 25.5. The van der Waals surface area contributed by atoms with E-state index in [1.165, 1.54) is 16.8 Å². The number of halogens is 1. The maximum Gasteiger partial charge on any atom is 0.288 e. The Hall–Kier alpha value is -3.24. The number of anilines is 1. The molecular formula is C18H13ClN4O5S. The summed E-state index contributed by atoms with van der Waals surface area (Å²) in [5.74, 6) is -0.882. The van der Waals surface area contributed by atoms with Gasteiger partial charge in [-0.1, -0.05) is 29.8 Å². The molecule has 1 aromatic heterocycles. The molecule has 29 heavy (non-hydrogen) atoms. The van der Waals surface area contributed by atoms with E-state index < -0.39 is 26.4 Å². The van der Waals surface area contributed by atoms with E-state index in [2.05, 4.69) is 10.4 Å². The first-order chi connectivity index (χ1) is 13.7. The number of nitro benzene ring substituents is 1. The van der Waals surface area contributed by atoms with Crippen molar-refractivity contribution in [2.24, 2.45) is 0 Å². The number of carbonyl (C=O) groups excluding carboxylic acids is 1. The summed E-state index contributed by atoms with van der Waals surface area (Å²) in [6.07, 6.45) is 0. The van der Waals surface area contributed by atoms with Crippen LogP contribution < -0.4 is 5.32 Å². The zero-order valence-electron chi connectivity index (χ0n) is 14.7. The molecule has 148 valence electrons. The molecular weight excluding hydrogens is 420 g/mol. The number of nitrogens with one attached hydrogen (secondary N) is 1. The number of rotatable bonds is 4. The smallest absolute Gasteiger partial charge is 0.288 e. The first kappa shape index (κ1) is 19.1. The third kappa shape index (κ3) is 3.59. The number of nitro groups is 1. The molecule has 2 heterocycles. The molecule has 0 fully saturated rings. The number of sulfone groups is 1. The molecule has 1 aliphatic rings. The largest absolute Gasteiger partial charge is 0.306 e. The summed E-state index contributed by atoms with van der Waals surface area (Å²) in [7, 11) is -3.34. The minimum atomic E-state index is -3.34. The molecule has 0 unspecified atom stereocenters. The number of benzene rings is 2. The van der Waals surface area contributed by atoms with Crippen LogP contribution in [0.3, 0.4) is 0 Å². The fourth-order valence-corrected chi connectivity index (χ4v) is 4.78. The van der Waals surface area contributed by atoms with E-state index in [4.69, 9.17) is 11.6 Å². The van der Waals surface area contributed by atoms with Gasteiger partial charge in [-0.05, 0) is 24.3 Å². The van der Waals surface area contributed by atoms with Crippen molar-refractivity contribution in [1.29, 1.82) is 0 Å². The molecule has 1 aliphatic heterocycles. The minimum Gasteiger partial charge on any atom is -0.306 e. The highest BCUT2D eigenvalue weighted by Crippen LogP contribution is 2.33. The highest BCUT2D eigenvalue weighted by atomic mass is 35.5. The van der Waals surface area contributed by atoms with E-state index in [0.29, 0.717) is 16.9 Å². The molecule has 11 heteroatoms. The summed E-state index contributed by atoms with van der Waals surface area (Å²) in [5.41, 5.74) is 1.02. The van der Waals surface area contributed by atoms with Crippen LogP contribution in [0.1, 0.15) is 21.6 Å². The number of hydrogen-bond acceptors (Lipinski definition) is 6. The van der Waals surface area contributed by atoms with Gasteiger partial charge < -0.3 is 5.32 Å². The van der Waals surface area contributed by atoms with E-state index in [0.717, 1.165) is 6.07 Å². The minimum absolute atomic E-state index is 0.0107. The van der Waals surface area contributed by atoms with Gasteiger partial charge in [-0.15, -0.1) is 0 Å². The second kappa shape index (κ2) is 6.98. The zero-order chi connectivity index (χ0) is 20.8. The first-order valence-corrected chi connectivity index (χ1v) is 10.6. The van der Waals surface area contributed by atoms with Gasteiger partial charge in [0, 0.05) is 17.2 Å². The average Bonchev–Trinajstić information content (AvgIpc) is 3.15. The molecule has 1 N–H and O–H groups in total. The van der Waals surface area contributed by atoms with Gasteiger partial charge >= 0.3 is 0 Å². The van der Waals surface area contributed by atoms with E-state index in [9.17, 15) is 23.3 Å². The summed E-state index contributed by atoms with van der Waals surface area (Å²) in [5, 5.41) is 18.0. The lowest BCUT2D eigenvalue weighted by Gasteiger charge is -2.11. The predicted molar refractivity (Wildman–Crippen MR) is 106 cm³/mol. The Bertz CT molecular complexity index is 1250. The number of para-hydroxylation sites is 1. The van der Waals surface area contributed by atoms with Crippen molar-refractivity contribution < 1.29 is 18.1 Å². The van der Waals surface area contributed by atoms with Gasteiger partial charge in [0.2, 0.25) is 0 Å². The zero-order valence-corrected chi connectivity index (χ0v) is 16.3. The second-order valence-corrected chi connectivity index (χ2v) is 8.90. The van der Waals surface area contributed by atoms with E-state index in [-0.39, 0.29) is 27.9 Å². The van der Waals surface area contributed by atoms with Crippen molar-refractivity contribution in [1.82, 2.24) is 9.78 Å². The molecule has 0 aliphatic carbocycles. The third-order valence-electron chi connectivity index (χ3n) is 4.43. The van der Waals surface area contributed by atoms with E-state index in [1.807, 2.05) is 6.07 Å². The molecule has 0 bridgehead atoms. The Kier molecular flexibility index (Phi) is 4.59. The number of aromatic nitrogens is 2. The van der Waals surface area contributed by atoms with Gasteiger partial charge in [0.25, 0.3) is 11.6 Å². The van der Waals surface area contributed by atoms with Crippen LogP contribution in [-0.4, -0.2) is 29.0 Å². The monoisotopic (exact) mass is 432 g/mol. The lowest BCUT2D eigenvalue weighted by molar-refractivity contribution is -0.384. The SMILES string of the molecule is O=C(Nc1c2c(nn1-c1ccccc1)CS(=O)(=O)C2)c1ccc(Cl)c([N+](=O)[O-])c1. The average molecular weight is 433 g/mol. The van der Waals surface area contributed by atoms with Crippen molar-refractivity contribution in [3.63, 3.8) is 0 Å². The highest BCUT2D eigenvalue weighted by molar-refractivity contribution is 7.90. The molecule has 9 nitrogen and oxygen atoms in total. The molecule has 0 saturated carbocycles. The molecule has 0 spiro atoms. The van der Waals surface area contributed by atoms with Crippen LogP contribution in [0.25, 0.3) is 5.69 Å². The maximum absolute atomic E-state index is 12.8. The molecule has 1 amide bonds. The number of carbonyl (C=O) groups is 1. The van der Waals surface area contributed by atoms with Crippen molar-refractivity contribution in [2.75, 3.05) is 5.32 Å². The molecule has 3 aromatic rings. The van der Waals surface area contributed by atoms with Gasteiger partial charge in [0.15, 0.2) is 9.84 Å². The lowest BCUT2D eigenvalue weighted by Crippen LogP contribution is -2.17. The highest BCUT2D eigenvalue weighted by Gasteiger charge is 2.33. The normalized spacial score (nSPS) is 14.4. The molecule has 0 atom stereocenters. The topological polar surface area (TPSA) is 124 Å². The second-order valence-electron chi connectivity index (χ2n) is 6.43. The quantitative estimate of drug-likeness (QED) is 0.499. The third-order valence-corrected chi connectivity index (χ3v) is 6.19. The van der Waals surface area contributed by atoms with Gasteiger partial charge in [0.05, 0.1) is 27.8 Å². The first-order valence-electron chi connectivity index (χ1n) is 8.37. The Morgan fingerprint density at radius 1 is 1.17 bits per heavy atom. The molecule has 2 aromatic carbocycles. The number of amides is 1. The van der Waals surface area contributed by atoms with E-state index >= 15 is 0 Å². The van der Waals surface area contributed by atoms with Gasteiger partial charge in [-0.2, -0.15) is 5.10 Å². The summed E-state index contributed by atoms with van der Waals surface area (Å²) in [4.78, 5) is 23.2. The fraction of sp³-hybridized carbons (Fsp3) is 0.111. The van der Waals surface area contributed by atoms with Crippen LogP contribution in [0, 0.1) is 10.1 Å². The maximum atomic E-state index is 12.8. The van der Waals surface area contributed by atoms with Crippen LogP contribution in [-0.2, 0) is 21.3 Å². The Balaban J connectivity index is 1.76. The fourth-order valence-electron chi connectivity index (χ4n) is 3.10. The van der Waals surface area contributed by atoms with Crippen molar-refractivity contribution in [3.8, 4) is 5.69 Å². The van der Waals surface area contributed by atoms with E-state index in [1.54, 1.807) is 24.3 Å². The van der Waals surface area contributed by atoms with Crippen molar-refractivity contribution in [3.05, 3.63) is 80.5 Å². The predicted octanol–water partition coefficient (Wildman–Crippen LogP) is 3.11. The summed E-state index contributed by atoms with van der Waals surface area (Å²) in [6.45, 7) is 0. The molecule has 4 rings (SSSR count). The number of hydrogen-bond donors (Lipinski definition) is 1. The number of fused-ring (bicyclic) bond motifs is 1. The molecule has 0 saturated heterocycles. The van der Waals surface area contributed by atoms with Crippen molar-refractivity contribution in [2.45, 2.75) is 11.5 Å². The Morgan fingerprint density at radius 2 is 1.90 bits per heavy atom. The van der Waals surface area contributed by atoms with Crippen LogP contribution in [0.2, 0.25) is 5.02 Å². The summed E-state index contributed by atoms with van der Waals surface area (Å²) >= 11 is 5.80. The van der Waals surface area contributed by atoms with Crippen molar-refractivity contribution >= 4 is 38.9 Å². The standard InChI is InChI=1S/C18H13ClN4O5S/c19-14-7-6-11(8-16(14)23(25)26)18(24)20-17-13-9-29(27,28)10-15(13)21-22(17)12-4-2-1-3-5-12/h1-8H,9-10H2,(H,20,24). The molecule has 0 radical (unpaired) electrons. The van der Waals surface area contributed by atoms with Gasteiger partial charge in [-0.3, -0.25) is 14.9 Å². The van der Waals surface area contributed by atoms with Crippen LogP contribution in [0.15, 0.2) is 48.5 Å². The van der Waals surface area contributed by atoms with Crippen LogP contribution >= 0.6 is 11.6 Å². The van der Waals surface area contributed by atoms with Gasteiger partial charge in [-0.25, -0.2) is 13.1 Å². The van der Waals surface area contributed by atoms with Crippen LogP contribution in [0.5, 0.6) is 0 Å². The van der Waals surface area contributed by atoms with Gasteiger partial charge in [0.1, 0.15) is 10.8 Å². The lowest BCUT2D eigenvalue weighted by atomic mass is 10.2. The Morgan fingerprint density at radius 3 is 2.59 bits per heavy atom. The Labute approximate surface area is 170 Å².